The molecule has 5 N–H and O–H groups in total. The van der Waals surface area contributed by atoms with E-state index in [9.17, 15) is 4.79 Å². The number of hydrogen-bond donors (Lipinski definition) is 3. The predicted octanol–water partition coefficient (Wildman–Crippen LogP) is 0.929. The number of piperidine rings is 1. The van der Waals surface area contributed by atoms with Crippen LogP contribution in [0.3, 0.4) is 0 Å². The third-order valence-corrected chi connectivity index (χ3v) is 4.45. The van der Waals surface area contributed by atoms with E-state index >= 15 is 0 Å². The van der Waals surface area contributed by atoms with Gasteiger partial charge in [-0.2, -0.15) is 4.98 Å². The van der Waals surface area contributed by atoms with Gasteiger partial charge in [0.05, 0.1) is 11.6 Å². The van der Waals surface area contributed by atoms with Crippen molar-refractivity contribution in [2.45, 2.75) is 39.5 Å². The minimum absolute atomic E-state index is 0.00716. The first-order chi connectivity index (χ1) is 11.0. The minimum Gasteiger partial charge on any atom is -0.370 e. The van der Waals surface area contributed by atoms with Gasteiger partial charge < -0.3 is 21.7 Å². The molecular weight excluding hydrogens is 292 g/mol. The van der Waals surface area contributed by atoms with Crippen LogP contribution in [0, 0.1) is 12.8 Å². The summed E-state index contributed by atoms with van der Waals surface area (Å²) < 4.78 is 0. The Balaban J connectivity index is 1.79. The molecule has 23 heavy (non-hydrogen) atoms. The first-order valence-corrected chi connectivity index (χ1v) is 8.39. The molecule has 0 aromatic carbocycles. The van der Waals surface area contributed by atoms with Gasteiger partial charge in [-0.3, -0.25) is 4.79 Å². The van der Waals surface area contributed by atoms with Crippen LogP contribution in [0.2, 0.25) is 0 Å². The zero-order chi connectivity index (χ0) is 16.8. The number of aromatic nitrogens is 2. The molecule has 128 valence electrons. The maximum atomic E-state index is 11.3. The normalized spacial score (nSPS) is 18.8. The lowest BCUT2D eigenvalue weighted by atomic mass is 9.97. The highest BCUT2D eigenvalue weighted by Gasteiger charge is 2.23. The smallest absolute Gasteiger partial charge is 0.222 e. The number of anilines is 2. The molecule has 2 heterocycles. The highest BCUT2D eigenvalue weighted by molar-refractivity contribution is 5.76. The summed E-state index contributed by atoms with van der Waals surface area (Å²) >= 11 is 0. The molecule has 0 saturated carbocycles. The molecule has 1 aromatic heterocycles. The molecule has 2 rings (SSSR count). The molecule has 0 radical (unpaired) electrons. The average molecular weight is 320 g/mol. The number of amides is 1. The van der Waals surface area contributed by atoms with Crippen LogP contribution in [0.5, 0.6) is 0 Å². The van der Waals surface area contributed by atoms with Crippen LogP contribution >= 0.6 is 0 Å². The van der Waals surface area contributed by atoms with Crippen molar-refractivity contribution >= 4 is 17.7 Å². The second-order valence-electron chi connectivity index (χ2n) is 6.18. The van der Waals surface area contributed by atoms with Crippen molar-refractivity contribution in [2.24, 2.45) is 11.7 Å². The Bertz CT molecular complexity index is 548. The zero-order valence-electron chi connectivity index (χ0n) is 14.1. The monoisotopic (exact) mass is 320 g/mol. The van der Waals surface area contributed by atoms with E-state index in [1.807, 2.05) is 6.92 Å². The second-order valence-corrected chi connectivity index (χ2v) is 6.18. The van der Waals surface area contributed by atoms with Crippen LogP contribution in [-0.4, -0.2) is 47.0 Å². The standard InChI is InChI=1S/C16H28N6O/c1-3-13-11(2)15(21-16(18)20-13)19-7-5-9-22-8-4-6-12(10-22)14(17)23/h12H,3-10H2,1-2H3,(H2,17,23)(H3,18,19,20,21)/t12-/m0/s1. The van der Waals surface area contributed by atoms with E-state index in [4.69, 9.17) is 11.5 Å². The number of primary amides is 1. The number of nitrogen functional groups attached to an aromatic ring is 1. The molecule has 1 aromatic rings. The summed E-state index contributed by atoms with van der Waals surface area (Å²) in [5.41, 5.74) is 13.2. The predicted molar refractivity (Wildman–Crippen MR) is 92.0 cm³/mol. The van der Waals surface area contributed by atoms with Gasteiger partial charge in [0.25, 0.3) is 0 Å². The van der Waals surface area contributed by atoms with Crippen LogP contribution < -0.4 is 16.8 Å². The van der Waals surface area contributed by atoms with Crippen LogP contribution in [-0.2, 0) is 11.2 Å². The van der Waals surface area contributed by atoms with E-state index in [2.05, 4.69) is 27.1 Å². The van der Waals surface area contributed by atoms with Crippen molar-refractivity contribution in [3.05, 3.63) is 11.3 Å². The molecule has 1 fully saturated rings. The molecule has 1 atom stereocenters. The topological polar surface area (TPSA) is 110 Å². The lowest BCUT2D eigenvalue weighted by Gasteiger charge is -2.31. The van der Waals surface area contributed by atoms with Crippen molar-refractivity contribution in [1.29, 1.82) is 0 Å². The van der Waals surface area contributed by atoms with E-state index in [1.54, 1.807) is 0 Å². The van der Waals surface area contributed by atoms with Gasteiger partial charge in [0.15, 0.2) is 0 Å². The lowest BCUT2D eigenvalue weighted by Crippen LogP contribution is -2.41. The average Bonchev–Trinajstić information content (AvgIpc) is 2.54. The van der Waals surface area contributed by atoms with Crippen molar-refractivity contribution in [2.75, 3.05) is 37.2 Å². The molecule has 7 nitrogen and oxygen atoms in total. The van der Waals surface area contributed by atoms with E-state index in [0.717, 1.165) is 68.9 Å². The fraction of sp³-hybridized carbons (Fsp3) is 0.688. The summed E-state index contributed by atoms with van der Waals surface area (Å²) in [6.45, 7) is 7.68. The van der Waals surface area contributed by atoms with Crippen LogP contribution in [0.25, 0.3) is 0 Å². The van der Waals surface area contributed by atoms with Crippen LogP contribution in [0.1, 0.15) is 37.4 Å². The lowest BCUT2D eigenvalue weighted by molar-refractivity contribution is -0.123. The Morgan fingerprint density at radius 2 is 2.22 bits per heavy atom. The molecule has 1 amide bonds. The fourth-order valence-electron chi connectivity index (χ4n) is 3.10. The van der Waals surface area contributed by atoms with Crippen LogP contribution in [0.15, 0.2) is 0 Å². The number of rotatable bonds is 7. The van der Waals surface area contributed by atoms with Crippen LogP contribution in [0.4, 0.5) is 11.8 Å². The number of likely N-dealkylation sites (tertiary alicyclic amines) is 1. The number of carbonyl (C=O) groups excluding carboxylic acids is 1. The van der Waals surface area contributed by atoms with Crippen molar-refractivity contribution in [3.63, 3.8) is 0 Å². The van der Waals surface area contributed by atoms with Crippen molar-refractivity contribution < 1.29 is 4.79 Å². The van der Waals surface area contributed by atoms with Gasteiger partial charge in [-0.1, -0.05) is 6.92 Å². The largest absolute Gasteiger partial charge is 0.370 e. The van der Waals surface area contributed by atoms with Gasteiger partial charge in [0.1, 0.15) is 5.82 Å². The first kappa shape index (κ1) is 17.5. The SMILES string of the molecule is CCc1nc(N)nc(NCCCN2CCC[C@H](C(N)=O)C2)c1C. The van der Waals surface area contributed by atoms with Gasteiger partial charge in [-0.05, 0) is 45.7 Å². The molecule has 7 heteroatoms. The molecular formula is C16H28N6O. The fourth-order valence-corrected chi connectivity index (χ4v) is 3.10. The van der Waals surface area contributed by atoms with Gasteiger partial charge in [-0.25, -0.2) is 4.98 Å². The molecule has 1 saturated heterocycles. The van der Waals surface area contributed by atoms with Gasteiger partial charge in [0, 0.05) is 18.7 Å². The second kappa shape index (κ2) is 8.10. The number of aryl methyl sites for hydroxylation is 1. The number of nitrogens with two attached hydrogens (primary N) is 2. The molecule has 0 spiro atoms. The Morgan fingerprint density at radius 3 is 2.91 bits per heavy atom. The Hall–Kier alpha value is -1.89. The summed E-state index contributed by atoms with van der Waals surface area (Å²) in [5.74, 6) is 0.970. The quantitative estimate of drug-likeness (QED) is 0.645. The van der Waals surface area contributed by atoms with Gasteiger partial charge in [-0.15, -0.1) is 0 Å². The number of hydrogen-bond acceptors (Lipinski definition) is 6. The molecule has 0 aliphatic carbocycles. The van der Waals surface area contributed by atoms with Crippen molar-refractivity contribution in [1.82, 2.24) is 14.9 Å². The molecule has 0 bridgehead atoms. The Kier molecular flexibility index (Phi) is 6.15. The zero-order valence-corrected chi connectivity index (χ0v) is 14.1. The van der Waals surface area contributed by atoms with Gasteiger partial charge >= 0.3 is 0 Å². The molecule has 0 unspecified atom stereocenters. The Morgan fingerprint density at radius 1 is 1.43 bits per heavy atom. The van der Waals surface area contributed by atoms with E-state index in [-0.39, 0.29) is 11.8 Å². The highest BCUT2D eigenvalue weighted by Crippen LogP contribution is 2.18. The third-order valence-electron chi connectivity index (χ3n) is 4.45. The highest BCUT2D eigenvalue weighted by atomic mass is 16.1. The maximum absolute atomic E-state index is 11.3. The van der Waals surface area contributed by atoms with E-state index in [1.165, 1.54) is 0 Å². The van der Waals surface area contributed by atoms with Gasteiger partial charge in [0.2, 0.25) is 11.9 Å². The van der Waals surface area contributed by atoms with E-state index < -0.39 is 0 Å². The summed E-state index contributed by atoms with van der Waals surface area (Å²) in [7, 11) is 0. The number of carbonyl (C=O) groups is 1. The minimum atomic E-state index is -0.174. The summed E-state index contributed by atoms with van der Waals surface area (Å²) in [6, 6.07) is 0. The van der Waals surface area contributed by atoms with E-state index in [0.29, 0.717) is 5.95 Å². The third kappa shape index (κ3) is 4.79. The molecule has 1 aliphatic heterocycles. The first-order valence-electron chi connectivity index (χ1n) is 8.39. The summed E-state index contributed by atoms with van der Waals surface area (Å²) in [6.07, 6.45) is 3.79. The summed E-state index contributed by atoms with van der Waals surface area (Å²) in [4.78, 5) is 22.2. The number of nitrogens with zero attached hydrogens (tertiary/aromatic N) is 3. The van der Waals surface area contributed by atoms with Crippen molar-refractivity contribution in [3.8, 4) is 0 Å². The number of nitrogens with one attached hydrogen (secondary N) is 1. The Labute approximate surface area is 137 Å². The molecule has 1 aliphatic rings. The maximum Gasteiger partial charge on any atom is 0.222 e. The summed E-state index contributed by atoms with van der Waals surface area (Å²) in [5, 5.41) is 3.35.